The summed E-state index contributed by atoms with van der Waals surface area (Å²) in [5.74, 6) is 2.92. The molecule has 0 aliphatic carbocycles. The van der Waals surface area contributed by atoms with Gasteiger partial charge in [-0.1, -0.05) is 27.2 Å². The van der Waals surface area contributed by atoms with Crippen LogP contribution in [0.15, 0.2) is 0 Å². The molecule has 0 saturated heterocycles. The molecule has 0 rings (SSSR count). The number of primary amides is 1. The van der Waals surface area contributed by atoms with E-state index in [0.717, 1.165) is 31.7 Å². The van der Waals surface area contributed by atoms with Gasteiger partial charge in [0.25, 0.3) is 0 Å². The van der Waals surface area contributed by atoms with Gasteiger partial charge in [-0.05, 0) is 43.7 Å². The van der Waals surface area contributed by atoms with E-state index in [1.165, 1.54) is 11.5 Å². The lowest BCUT2D eigenvalue weighted by atomic mass is 9.94. The first-order valence-electron chi connectivity index (χ1n) is 6.55. The lowest BCUT2D eigenvalue weighted by molar-refractivity contribution is -0.124. The first-order chi connectivity index (χ1) is 7.92. The Morgan fingerprint density at radius 3 is 2.53 bits per heavy atom. The molecule has 0 saturated carbocycles. The minimum Gasteiger partial charge on any atom is -0.368 e. The molecule has 0 spiro atoms. The van der Waals surface area contributed by atoms with Crippen LogP contribution in [0.25, 0.3) is 0 Å². The van der Waals surface area contributed by atoms with E-state index >= 15 is 0 Å². The zero-order valence-electron chi connectivity index (χ0n) is 11.7. The molecule has 1 unspecified atom stereocenters. The highest BCUT2D eigenvalue weighted by atomic mass is 32.2. The quantitative estimate of drug-likeness (QED) is 0.593. The summed E-state index contributed by atoms with van der Waals surface area (Å²) in [6.07, 6.45) is 3.04. The molecule has 1 atom stereocenters. The molecule has 0 bridgehead atoms. The second-order valence-electron chi connectivity index (χ2n) is 5.15. The number of carbonyl (C=O) groups excluding carboxylic acids is 1. The third kappa shape index (κ3) is 7.66. The summed E-state index contributed by atoms with van der Waals surface area (Å²) in [7, 11) is 0. The van der Waals surface area contributed by atoms with Crippen molar-refractivity contribution in [1.82, 2.24) is 5.32 Å². The van der Waals surface area contributed by atoms with Crippen LogP contribution in [-0.2, 0) is 4.79 Å². The van der Waals surface area contributed by atoms with E-state index in [2.05, 4.69) is 19.2 Å². The van der Waals surface area contributed by atoms with Gasteiger partial charge in [-0.2, -0.15) is 11.8 Å². The Balaban J connectivity index is 3.73. The lowest BCUT2D eigenvalue weighted by Gasteiger charge is -2.26. The molecular formula is C13H28N2OS. The number of nitrogens with one attached hydrogen (secondary N) is 1. The van der Waals surface area contributed by atoms with Crippen LogP contribution in [0, 0.1) is 5.92 Å². The fourth-order valence-corrected chi connectivity index (χ4v) is 2.74. The van der Waals surface area contributed by atoms with E-state index in [-0.39, 0.29) is 5.91 Å². The van der Waals surface area contributed by atoms with Crippen LogP contribution in [0.4, 0.5) is 0 Å². The van der Waals surface area contributed by atoms with Crippen molar-refractivity contribution in [3.8, 4) is 0 Å². The highest BCUT2D eigenvalue weighted by Crippen LogP contribution is 2.16. The molecule has 3 nitrogen and oxygen atoms in total. The molecule has 0 aromatic rings. The molecule has 0 aromatic heterocycles. The Labute approximate surface area is 110 Å². The summed E-state index contributed by atoms with van der Waals surface area (Å²) >= 11 is 2.00. The van der Waals surface area contributed by atoms with Gasteiger partial charge in [0, 0.05) is 0 Å². The first kappa shape index (κ1) is 16.8. The first-order valence-corrected chi connectivity index (χ1v) is 7.70. The molecule has 1 amide bonds. The molecule has 0 aliphatic rings. The summed E-state index contributed by atoms with van der Waals surface area (Å²) in [5.41, 5.74) is 4.90. The van der Waals surface area contributed by atoms with Crippen molar-refractivity contribution < 1.29 is 4.79 Å². The average Bonchev–Trinajstić information content (AvgIpc) is 2.23. The van der Waals surface area contributed by atoms with Gasteiger partial charge in [-0.3, -0.25) is 4.79 Å². The molecule has 0 aromatic carbocycles. The van der Waals surface area contributed by atoms with Crippen molar-refractivity contribution in [3.05, 3.63) is 0 Å². The Hall–Kier alpha value is -0.220. The standard InChI is InChI=1S/C13H28N2OS/c1-5-15-13(4,12(14)16)8-6-7-9-17-10-11(2)3/h11,15H,5-10H2,1-4H3,(H2,14,16). The summed E-state index contributed by atoms with van der Waals surface area (Å²) in [5, 5.41) is 3.19. The highest BCUT2D eigenvalue weighted by molar-refractivity contribution is 7.99. The van der Waals surface area contributed by atoms with E-state index < -0.39 is 5.54 Å². The van der Waals surface area contributed by atoms with E-state index in [9.17, 15) is 4.79 Å². The lowest BCUT2D eigenvalue weighted by Crippen LogP contribution is -2.52. The molecule has 3 N–H and O–H groups in total. The third-order valence-corrected chi connectivity index (χ3v) is 4.26. The second kappa shape index (κ2) is 8.81. The second-order valence-corrected chi connectivity index (χ2v) is 6.30. The number of hydrogen-bond donors (Lipinski definition) is 2. The predicted octanol–water partition coefficient (Wildman–Crippen LogP) is 2.40. The van der Waals surface area contributed by atoms with Crippen LogP contribution in [-0.4, -0.2) is 29.5 Å². The maximum absolute atomic E-state index is 11.4. The van der Waals surface area contributed by atoms with Gasteiger partial charge in [-0.15, -0.1) is 0 Å². The minimum absolute atomic E-state index is 0.241. The molecule has 0 heterocycles. The number of hydrogen-bond acceptors (Lipinski definition) is 3. The van der Waals surface area contributed by atoms with E-state index in [1.54, 1.807) is 0 Å². The topological polar surface area (TPSA) is 55.1 Å². The van der Waals surface area contributed by atoms with Crippen molar-refractivity contribution in [2.45, 2.75) is 52.5 Å². The number of likely N-dealkylation sites (N-methyl/N-ethyl adjacent to an activating group) is 1. The van der Waals surface area contributed by atoms with E-state index in [1.807, 2.05) is 25.6 Å². The van der Waals surface area contributed by atoms with Crippen molar-refractivity contribution in [2.24, 2.45) is 11.7 Å². The number of nitrogens with two attached hydrogens (primary N) is 1. The highest BCUT2D eigenvalue weighted by Gasteiger charge is 2.28. The summed E-state index contributed by atoms with van der Waals surface area (Å²) < 4.78 is 0. The maximum Gasteiger partial charge on any atom is 0.237 e. The van der Waals surface area contributed by atoms with Gasteiger partial charge in [0.05, 0.1) is 5.54 Å². The van der Waals surface area contributed by atoms with E-state index in [0.29, 0.717) is 0 Å². The van der Waals surface area contributed by atoms with Crippen molar-refractivity contribution in [2.75, 3.05) is 18.1 Å². The molecule has 4 heteroatoms. The van der Waals surface area contributed by atoms with Crippen LogP contribution < -0.4 is 11.1 Å². The zero-order valence-corrected chi connectivity index (χ0v) is 12.5. The molecule has 0 radical (unpaired) electrons. The fraction of sp³-hybridized carbons (Fsp3) is 0.923. The monoisotopic (exact) mass is 260 g/mol. The number of rotatable bonds is 10. The van der Waals surface area contributed by atoms with Gasteiger partial charge >= 0.3 is 0 Å². The summed E-state index contributed by atoms with van der Waals surface area (Å²) in [4.78, 5) is 11.4. The van der Waals surface area contributed by atoms with Crippen LogP contribution in [0.3, 0.4) is 0 Å². The van der Waals surface area contributed by atoms with E-state index in [4.69, 9.17) is 5.73 Å². The Morgan fingerprint density at radius 2 is 2.06 bits per heavy atom. The van der Waals surface area contributed by atoms with Gasteiger partial charge < -0.3 is 11.1 Å². The van der Waals surface area contributed by atoms with Gasteiger partial charge in [0.1, 0.15) is 0 Å². The number of unbranched alkanes of at least 4 members (excludes halogenated alkanes) is 1. The molecule has 0 aliphatic heterocycles. The average molecular weight is 260 g/mol. The minimum atomic E-state index is -0.530. The van der Waals surface area contributed by atoms with Crippen molar-refractivity contribution >= 4 is 17.7 Å². The fourth-order valence-electron chi connectivity index (χ4n) is 1.69. The SMILES string of the molecule is CCNC(C)(CCCCSCC(C)C)C(N)=O. The molecule has 102 valence electrons. The smallest absolute Gasteiger partial charge is 0.237 e. The van der Waals surface area contributed by atoms with Gasteiger partial charge in [0.15, 0.2) is 0 Å². The van der Waals surface area contributed by atoms with Crippen molar-refractivity contribution in [1.29, 1.82) is 0 Å². The Morgan fingerprint density at radius 1 is 1.41 bits per heavy atom. The van der Waals surface area contributed by atoms with Crippen LogP contribution in [0.2, 0.25) is 0 Å². The molecule has 17 heavy (non-hydrogen) atoms. The van der Waals surface area contributed by atoms with Crippen LogP contribution in [0.5, 0.6) is 0 Å². The summed E-state index contributed by atoms with van der Waals surface area (Å²) in [6.45, 7) is 9.16. The van der Waals surface area contributed by atoms with Gasteiger partial charge in [0.2, 0.25) is 5.91 Å². The largest absolute Gasteiger partial charge is 0.368 e. The maximum atomic E-state index is 11.4. The predicted molar refractivity (Wildman–Crippen MR) is 77.3 cm³/mol. The van der Waals surface area contributed by atoms with Crippen LogP contribution in [0.1, 0.15) is 47.0 Å². The Bertz CT molecular complexity index is 221. The number of carbonyl (C=O) groups is 1. The molecular weight excluding hydrogens is 232 g/mol. The van der Waals surface area contributed by atoms with Crippen molar-refractivity contribution in [3.63, 3.8) is 0 Å². The summed E-state index contributed by atoms with van der Waals surface area (Å²) in [6, 6.07) is 0. The normalized spacial score (nSPS) is 14.9. The molecule has 0 fully saturated rings. The number of thioether (sulfide) groups is 1. The Kier molecular flexibility index (Phi) is 8.70. The zero-order chi connectivity index (χ0) is 13.3. The third-order valence-electron chi connectivity index (χ3n) is 2.78. The van der Waals surface area contributed by atoms with Gasteiger partial charge in [-0.25, -0.2) is 0 Å². The van der Waals surface area contributed by atoms with Crippen LogP contribution >= 0.6 is 11.8 Å². The number of amides is 1.